The summed E-state index contributed by atoms with van der Waals surface area (Å²) in [6.45, 7) is 0.284. The van der Waals surface area contributed by atoms with E-state index in [1.54, 1.807) is 18.2 Å². The van der Waals surface area contributed by atoms with Crippen molar-refractivity contribution < 1.29 is 23.9 Å². The van der Waals surface area contributed by atoms with E-state index >= 15 is 0 Å². The van der Waals surface area contributed by atoms with E-state index in [1.807, 2.05) is 0 Å². The summed E-state index contributed by atoms with van der Waals surface area (Å²) in [5, 5.41) is 2.31. The predicted octanol–water partition coefficient (Wildman–Crippen LogP) is 0.898. The van der Waals surface area contributed by atoms with Gasteiger partial charge in [-0.3, -0.25) is 19.3 Å². The third kappa shape index (κ3) is 3.64. The van der Waals surface area contributed by atoms with Gasteiger partial charge in [-0.1, -0.05) is 17.8 Å². The fourth-order valence-corrected chi connectivity index (χ4v) is 2.64. The number of thioether (sulfide) groups is 1. The Morgan fingerprint density at radius 3 is 2.68 bits per heavy atom. The largest absolute Gasteiger partial charge is 0.465 e. The maximum atomic E-state index is 12.0. The lowest BCUT2D eigenvalue weighted by molar-refractivity contribution is -0.124. The summed E-state index contributed by atoms with van der Waals surface area (Å²) >= 11 is 0.950. The van der Waals surface area contributed by atoms with Crippen LogP contribution >= 0.6 is 11.8 Å². The number of nitrogens with zero attached hydrogens (tertiary/aromatic N) is 1. The molecule has 0 aliphatic carbocycles. The van der Waals surface area contributed by atoms with Crippen LogP contribution in [-0.2, 0) is 9.53 Å². The number of ether oxygens (including phenoxy) is 1. The van der Waals surface area contributed by atoms with Crippen molar-refractivity contribution in [2.75, 3.05) is 26.0 Å². The van der Waals surface area contributed by atoms with E-state index in [1.165, 1.54) is 13.2 Å². The number of hydrogen-bond acceptors (Lipinski definition) is 6. The minimum atomic E-state index is -0.528. The van der Waals surface area contributed by atoms with Crippen LogP contribution in [0.1, 0.15) is 20.7 Å². The Labute approximate surface area is 131 Å². The molecule has 1 aliphatic heterocycles. The number of carbonyl (C=O) groups excluding carboxylic acids is 4. The quantitative estimate of drug-likeness (QED) is 0.810. The van der Waals surface area contributed by atoms with Gasteiger partial charge in [-0.15, -0.1) is 0 Å². The summed E-state index contributed by atoms with van der Waals surface area (Å²) in [5.41, 5.74) is 0.577. The maximum absolute atomic E-state index is 12.0. The number of benzene rings is 1. The molecule has 1 aromatic rings. The Balaban J connectivity index is 1.91. The third-order valence-electron chi connectivity index (χ3n) is 3.01. The highest BCUT2D eigenvalue weighted by Crippen LogP contribution is 2.17. The SMILES string of the molecule is COC(=O)c1cccc(C(=O)NCCN2C(=O)CSC2=O)c1. The second-order valence-corrected chi connectivity index (χ2v) is 5.35. The molecule has 1 N–H and O–H groups in total. The lowest BCUT2D eigenvalue weighted by atomic mass is 10.1. The number of hydrogen-bond donors (Lipinski definition) is 1. The minimum absolute atomic E-state index is 0.132. The summed E-state index contributed by atoms with van der Waals surface area (Å²) in [7, 11) is 1.26. The van der Waals surface area contributed by atoms with E-state index in [0.717, 1.165) is 16.7 Å². The second kappa shape index (κ2) is 7.08. The van der Waals surface area contributed by atoms with Gasteiger partial charge in [0, 0.05) is 18.7 Å². The van der Waals surface area contributed by atoms with Crippen LogP contribution in [0.15, 0.2) is 24.3 Å². The highest BCUT2D eigenvalue weighted by Gasteiger charge is 2.29. The van der Waals surface area contributed by atoms with E-state index in [9.17, 15) is 19.2 Å². The van der Waals surface area contributed by atoms with Gasteiger partial charge in [-0.25, -0.2) is 4.79 Å². The van der Waals surface area contributed by atoms with E-state index in [-0.39, 0.29) is 35.6 Å². The Morgan fingerprint density at radius 2 is 2.05 bits per heavy atom. The Kier molecular flexibility index (Phi) is 5.16. The highest BCUT2D eigenvalue weighted by molar-refractivity contribution is 8.14. The van der Waals surface area contributed by atoms with Gasteiger partial charge in [0.15, 0.2) is 0 Å². The smallest absolute Gasteiger partial charge is 0.337 e. The van der Waals surface area contributed by atoms with Gasteiger partial charge in [-0.05, 0) is 18.2 Å². The molecule has 1 heterocycles. The number of amides is 3. The molecule has 0 aromatic heterocycles. The van der Waals surface area contributed by atoms with Gasteiger partial charge < -0.3 is 10.1 Å². The van der Waals surface area contributed by atoms with Crippen molar-refractivity contribution in [2.45, 2.75) is 0 Å². The zero-order chi connectivity index (χ0) is 16.1. The maximum Gasteiger partial charge on any atom is 0.337 e. The first-order valence-corrected chi connectivity index (χ1v) is 7.45. The number of carbonyl (C=O) groups is 4. The van der Waals surface area contributed by atoms with Gasteiger partial charge >= 0.3 is 5.97 Å². The molecule has 8 heteroatoms. The van der Waals surface area contributed by atoms with Crippen LogP contribution in [0.3, 0.4) is 0 Å². The fourth-order valence-electron chi connectivity index (χ4n) is 1.89. The zero-order valence-corrected chi connectivity index (χ0v) is 12.6. The molecule has 0 saturated carbocycles. The van der Waals surface area contributed by atoms with Crippen molar-refractivity contribution in [3.63, 3.8) is 0 Å². The van der Waals surface area contributed by atoms with Gasteiger partial charge in [0.05, 0.1) is 18.4 Å². The molecule has 0 spiro atoms. The number of methoxy groups -OCH3 is 1. The molecule has 0 bridgehead atoms. The predicted molar refractivity (Wildman–Crippen MR) is 79.7 cm³/mol. The average Bonchev–Trinajstić information content (AvgIpc) is 2.85. The van der Waals surface area contributed by atoms with Gasteiger partial charge in [0.25, 0.3) is 11.1 Å². The highest BCUT2D eigenvalue weighted by atomic mass is 32.2. The lowest BCUT2D eigenvalue weighted by Crippen LogP contribution is -2.37. The summed E-state index contributed by atoms with van der Waals surface area (Å²) in [4.78, 5) is 47.3. The van der Waals surface area contributed by atoms with E-state index < -0.39 is 11.9 Å². The molecule has 1 aromatic carbocycles. The van der Waals surface area contributed by atoms with E-state index in [0.29, 0.717) is 5.56 Å². The summed E-state index contributed by atoms with van der Waals surface area (Å²) in [5.74, 6) is -1.03. The standard InChI is InChI=1S/C14H14N2O5S/c1-21-13(19)10-4-2-3-9(7-10)12(18)15-5-6-16-11(17)8-22-14(16)20/h2-4,7H,5-6,8H2,1H3,(H,15,18). The van der Waals surface area contributed by atoms with Gasteiger partial charge in [0.1, 0.15) is 0 Å². The van der Waals surface area contributed by atoms with Crippen molar-refractivity contribution >= 4 is 34.8 Å². The third-order valence-corrected chi connectivity index (χ3v) is 3.87. The molecule has 1 aliphatic rings. The van der Waals surface area contributed by atoms with Gasteiger partial charge in [-0.2, -0.15) is 0 Å². The molecule has 0 atom stereocenters. The number of nitrogens with one attached hydrogen (secondary N) is 1. The van der Waals surface area contributed by atoms with Crippen molar-refractivity contribution in [3.8, 4) is 0 Å². The normalized spacial score (nSPS) is 14.1. The van der Waals surface area contributed by atoms with Crippen LogP contribution in [-0.4, -0.2) is 53.9 Å². The van der Waals surface area contributed by atoms with E-state index in [4.69, 9.17) is 0 Å². The molecule has 3 amide bonds. The minimum Gasteiger partial charge on any atom is -0.465 e. The first kappa shape index (κ1) is 16.0. The fraction of sp³-hybridized carbons (Fsp3) is 0.286. The Hall–Kier alpha value is -2.35. The van der Waals surface area contributed by atoms with Crippen LogP contribution < -0.4 is 5.32 Å². The average molecular weight is 322 g/mol. The van der Waals surface area contributed by atoms with E-state index in [2.05, 4.69) is 10.1 Å². The van der Waals surface area contributed by atoms with Crippen LogP contribution in [0, 0.1) is 0 Å². The molecule has 2 rings (SSSR count). The summed E-state index contributed by atoms with van der Waals surface area (Å²) in [6, 6.07) is 6.10. The van der Waals surface area contributed by atoms with Crippen molar-refractivity contribution in [2.24, 2.45) is 0 Å². The van der Waals surface area contributed by atoms with Crippen molar-refractivity contribution in [1.82, 2.24) is 10.2 Å². The molecular weight excluding hydrogens is 308 g/mol. The first-order chi connectivity index (χ1) is 10.5. The Morgan fingerprint density at radius 1 is 1.32 bits per heavy atom. The van der Waals surface area contributed by atoms with Crippen LogP contribution in [0.25, 0.3) is 0 Å². The van der Waals surface area contributed by atoms with Crippen LogP contribution in [0.4, 0.5) is 4.79 Å². The molecule has 1 saturated heterocycles. The van der Waals surface area contributed by atoms with Crippen LogP contribution in [0.5, 0.6) is 0 Å². The molecule has 7 nitrogen and oxygen atoms in total. The molecule has 116 valence electrons. The molecule has 22 heavy (non-hydrogen) atoms. The Bertz CT molecular complexity index is 615. The van der Waals surface area contributed by atoms with Gasteiger partial charge in [0.2, 0.25) is 5.91 Å². The zero-order valence-electron chi connectivity index (χ0n) is 11.8. The second-order valence-electron chi connectivity index (χ2n) is 4.43. The molecule has 0 radical (unpaired) electrons. The molecule has 0 unspecified atom stereocenters. The van der Waals surface area contributed by atoms with Crippen molar-refractivity contribution in [1.29, 1.82) is 0 Å². The first-order valence-electron chi connectivity index (χ1n) is 6.46. The van der Waals surface area contributed by atoms with Crippen molar-refractivity contribution in [3.05, 3.63) is 35.4 Å². The topological polar surface area (TPSA) is 92.8 Å². The number of rotatable bonds is 5. The number of imide groups is 1. The lowest BCUT2D eigenvalue weighted by Gasteiger charge is -2.13. The number of esters is 1. The molecule has 1 fully saturated rings. The summed E-state index contributed by atoms with van der Waals surface area (Å²) < 4.78 is 4.59. The summed E-state index contributed by atoms with van der Waals surface area (Å²) in [6.07, 6.45) is 0. The monoisotopic (exact) mass is 322 g/mol. The van der Waals surface area contributed by atoms with Crippen LogP contribution in [0.2, 0.25) is 0 Å². The molecular formula is C14H14N2O5S.